The minimum Gasteiger partial charge on any atom is -0.504 e. The van der Waals surface area contributed by atoms with E-state index in [1.54, 1.807) is 0 Å². The lowest BCUT2D eigenvalue weighted by Crippen LogP contribution is -2.41. The molecular weight excluding hydrogens is 276 g/mol. The van der Waals surface area contributed by atoms with Crippen LogP contribution in [0, 0.1) is 0 Å². The molecule has 6 nitrogen and oxygen atoms in total. The Labute approximate surface area is 121 Å². The maximum absolute atomic E-state index is 11.7. The maximum atomic E-state index is 11.7. The molecule has 0 bridgehead atoms. The molecular formula is C15H18O6. The number of aliphatic hydroxyl groups excluding tert-OH is 1. The van der Waals surface area contributed by atoms with Crippen molar-refractivity contribution < 1.29 is 30.0 Å². The molecule has 0 amide bonds. The number of carbonyl (C=O) groups excluding carboxylic acids is 1. The zero-order valence-corrected chi connectivity index (χ0v) is 11.4. The van der Waals surface area contributed by atoms with Crippen LogP contribution in [0.3, 0.4) is 0 Å². The Morgan fingerprint density at radius 2 is 2.10 bits per heavy atom. The second-order valence-corrected chi connectivity index (χ2v) is 5.20. The summed E-state index contributed by atoms with van der Waals surface area (Å²) in [5, 5.41) is 38.1. The molecule has 114 valence electrons. The lowest BCUT2D eigenvalue weighted by Gasteiger charge is -2.33. The number of phenols is 2. The summed E-state index contributed by atoms with van der Waals surface area (Å²) in [6, 6.07) is 4.10. The fourth-order valence-corrected chi connectivity index (χ4v) is 2.31. The molecule has 0 saturated heterocycles. The van der Waals surface area contributed by atoms with Crippen LogP contribution in [0.2, 0.25) is 0 Å². The van der Waals surface area contributed by atoms with Crippen molar-refractivity contribution in [2.45, 2.75) is 37.6 Å². The van der Waals surface area contributed by atoms with Crippen LogP contribution in [0.15, 0.2) is 24.3 Å². The molecule has 21 heavy (non-hydrogen) atoms. The van der Waals surface area contributed by atoms with Gasteiger partial charge in [0.25, 0.3) is 0 Å². The smallest absolute Gasteiger partial charge is 0.333 e. The molecule has 0 heterocycles. The van der Waals surface area contributed by atoms with E-state index in [4.69, 9.17) is 4.74 Å². The molecule has 1 aliphatic rings. The van der Waals surface area contributed by atoms with E-state index in [0.717, 1.165) is 6.08 Å². The van der Waals surface area contributed by atoms with Gasteiger partial charge in [-0.3, -0.25) is 0 Å². The Balaban J connectivity index is 1.97. The van der Waals surface area contributed by atoms with E-state index in [0.29, 0.717) is 24.8 Å². The molecule has 0 aliphatic heterocycles. The first kappa shape index (κ1) is 15.3. The minimum absolute atomic E-state index is 0.00653. The molecule has 0 spiro atoms. The van der Waals surface area contributed by atoms with Gasteiger partial charge < -0.3 is 25.2 Å². The van der Waals surface area contributed by atoms with Gasteiger partial charge in [0.1, 0.15) is 0 Å². The first-order chi connectivity index (χ1) is 9.88. The Bertz CT molecular complexity index is 553. The van der Waals surface area contributed by atoms with Gasteiger partial charge >= 0.3 is 5.97 Å². The van der Waals surface area contributed by atoms with Crippen molar-refractivity contribution in [3.05, 3.63) is 29.8 Å². The van der Waals surface area contributed by atoms with Gasteiger partial charge in [-0.15, -0.1) is 0 Å². The van der Waals surface area contributed by atoms with Crippen molar-refractivity contribution in [1.82, 2.24) is 0 Å². The zero-order chi connectivity index (χ0) is 15.5. The molecule has 0 aromatic heterocycles. The molecule has 4 N–H and O–H groups in total. The SMILES string of the molecule is O=C(/C=C/c1ccc(O)c(O)c1)O[C@@]1(O)CCC[C@H](O)C1. The summed E-state index contributed by atoms with van der Waals surface area (Å²) in [7, 11) is 0. The van der Waals surface area contributed by atoms with Crippen LogP contribution < -0.4 is 0 Å². The van der Waals surface area contributed by atoms with Crippen LogP contribution in [0.5, 0.6) is 11.5 Å². The van der Waals surface area contributed by atoms with Gasteiger partial charge in [-0.05, 0) is 36.6 Å². The van der Waals surface area contributed by atoms with Gasteiger partial charge in [0.05, 0.1) is 6.10 Å². The van der Waals surface area contributed by atoms with Gasteiger partial charge in [0, 0.05) is 18.9 Å². The first-order valence-corrected chi connectivity index (χ1v) is 6.71. The van der Waals surface area contributed by atoms with Crippen LogP contribution in [-0.4, -0.2) is 38.3 Å². The van der Waals surface area contributed by atoms with Crippen LogP contribution in [0.4, 0.5) is 0 Å². The number of benzene rings is 1. The summed E-state index contributed by atoms with van der Waals surface area (Å²) >= 11 is 0. The quantitative estimate of drug-likeness (QED) is 0.289. The molecule has 1 aromatic rings. The second kappa shape index (κ2) is 6.15. The maximum Gasteiger partial charge on any atom is 0.333 e. The van der Waals surface area contributed by atoms with E-state index in [9.17, 15) is 25.2 Å². The monoisotopic (exact) mass is 294 g/mol. The fraction of sp³-hybridized carbons (Fsp3) is 0.400. The summed E-state index contributed by atoms with van der Waals surface area (Å²) in [5.41, 5.74) is 0.498. The highest BCUT2D eigenvalue weighted by molar-refractivity contribution is 5.87. The molecule has 2 rings (SSSR count). The Kier molecular flexibility index (Phi) is 4.50. The lowest BCUT2D eigenvalue weighted by molar-refractivity contribution is -0.225. The zero-order valence-electron chi connectivity index (χ0n) is 11.4. The summed E-state index contributed by atoms with van der Waals surface area (Å²) in [6.07, 6.45) is 3.31. The van der Waals surface area contributed by atoms with E-state index in [1.807, 2.05) is 0 Å². The van der Waals surface area contributed by atoms with Gasteiger partial charge in [0.15, 0.2) is 11.5 Å². The lowest BCUT2D eigenvalue weighted by atomic mass is 9.92. The summed E-state index contributed by atoms with van der Waals surface area (Å²) in [6.45, 7) is 0. The van der Waals surface area contributed by atoms with Crippen molar-refractivity contribution in [3.8, 4) is 11.5 Å². The van der Waals surface area contributed by atoms with E-state index >= 15 is 0 Å². The minimum atomic E-state index is -1.63. The highest BCUT2D eigenvalue weighted by atomic mass is 16.7. The summed E-state index contributed by atoms with van der Waals surface area (Å²) in [5.74, 6) is -2.91. The topological polar surface area (TPSA) is 107 Å². The number of carbonyl (C=O) groups is 1. The summed E-state index contributed by atoms with van der Waals surface area (Å²) < 4.78 is 4.98. The number of esters is 1. The van der Waals surface area contributed by atoms with E-state index < -0.39 is 17.9 Å². The van der Waals surface area contributed by atoms with Crippen molar-refractivity contribution in [1.29, 1.82) is 0 Å². The highest BCUT2D eigenvalue weighted by Crippen LogP contribution is 2.30. The average molecular weight is 294 g/mol. The number of phenolic OH excluding ortho intramolecular Hbond substituents is 2. The second-order valence-electron chi connectivity index (χ2n) is 5.20. The normalized spacial score (nSPS) is 25.9. The molecule has 1 aliphatic carbocycles. The Morgan fingerprint density at radius 3 is 2.76 bits per heavy atom. The van der Waals surface area contributed by atoms with Gasteiger partial charge in [-0.25, -0.2) is 4.79 Å². The number of aliphatic hydroxyl groups is 2. The summed E-state index contributed by atoms with van der Waals surface area (Å²) in [4.78, 5) is 11.7. The Morgan fingerprint density at radius 1 is 1.33 bits per heavy atom. The Hall–Kier alpha value is -2.05. The van der Waals surface area contributed by atoms with Crippen molar-refractivity contribution >= 4 is 12.0 Å². The largest absolute Gasteiger partial charge is 0.504 e. The first-order valence-electron chi connectivity index (χ1n) is 6.71. The molecule has 1 fully saturated rings. The predicted molar refractivity (Wildman–Crippen MR) is 74.3 cm³/mol. The molecule has 0 radical (unpaired) electrons. The highest BCUT2D eigenvalue weighted by Gasteiger charge is 2.36. The van der Waals surface area contributed by atoms with Gasteiger partial charge in [-0.1, -0.05) is 6.07 Å². The van der Waals surface area contributed by atoms with Crippen LogP contribution in [-0.2, 0) is 9.53 Å². The van der Waals surface area contributed by atoms with Crippen molar-refractivity contribution in [2.24, 2.45) is 0 Å². The molecule has 0 unspecified atom stereocenters. The van der Waals surface area contributed by atoms with Crippen molar-refractivity contribution in [3.63, 3.8) is 0 Å². The third-order valence-electron chi connectivity index (χ3n) is 3.36. The molecule has 6 heteroatoms. The number of hydrogen-bond donors (Lipinski definition) is 4. The number of rotatable bonds is 3. The van der Waals surface area contributed by atoms with Gasteiger partial charge in [0.2, 0.25) is 5.79 Å². The van der Waals surface area contributed by atoms with Gasteiger partial charge in [-0.2, -0.15) is 0 Å². The standard InChI is InChI=1S/C15H18O6/c16-11-2-1-7-15(20,9-11)21-14(19)6-4-10-3-5-12(17)13(18)8-10/h3-6,8,11,16-18,20H,1-2,7,9H2/b6-4+/t11-,15-/m0/s1. The predicted octanol–water partition coefficient (Wildman–Crippen LogP) is 1.28. The van der Waals surface area contributed by atoms with E-state index in [-0.39, 0.29) is 17.9 Å². The third kappa shape index (κ3) is 4.21. The fourth-order valence-electron chi connectivity index (χ4n) is 2.31. The number of aromatic hydroxyl groups is 2. The molecule has 2 atom stereocenters. The van der Waals surface area contributed by atoms with Crippen molar-refractivity contribution in [2.75, 3.05) is 0 Å². The number of hydrogen-bond acceptors (Lipinski definition) is 6. The van der Waals surface area contributed by atoms with Crippen LogP contribution in [0.1, 0.15) is 31.2 Å². The molecule has 1 aromatic carbocycles. The molecule has 1 saturated carbocycles. The van der Waals surface area contributed by atoms with Crippen LogP contribution >= 0.6 is 0 Å². The van der Waals surface area contributed by atoms with E-state index in [2.05, 4.69) is 0 Å². The number of ether oxygens (including phenoxy) is 1. The average Bonchev–Trinajstić information content (AvgIpc) is 2.39. The van der Waals surface area contributed by atoms with Crippen LogP contribution in [0.25, 0.3) is 6.08 Å². The third-order valence-corrected chi connectivity index (χ3v) is 3.36. The van der Waals surface area contributed by atoms with E-state index in [1.165, 1.54) is 24.3 Å².